The Morgan fingerprint density at radius 2 is 1.50 bits per heavy atom. The highest BCUT2D eigenvalue weighted by Crippen LogP contribution is 2.41. The van der Waals surface area contributed by atoms with E-state index in [2.05, 4.69) is 31.0 Å². The second kappa shape index (κ2) is 8.14. The highest BCUT2D eigenvalue weighted by molar-refractivity contribution is 7.19. The van der Waals surface area contributed by atoms with E-state index in [1.54, 1.807) is 0 Å². The van der Waals surface area contributed by atoms with Crippen LogP contribution in [0.3, 0.4) is 0 Å². The van der Waals surface area contributed by atoms with E-state index in [-0.39, 0.29) is 6.03 Å². The van der Waals surface area contributed by atoms with Crippen molar-refractivity contribution in [2.75, 3.05) is 10.2 Å². The largest absolute Gasteiger partial charge is 0.341 e. The minimum Gasteiger partial charge on any atom is -0.341 e. The Morgan fingerprint density at radius 3 is 2.18 bits per heavy atom. The number of aromatic nitrogens is 2. The number of hydrogen-bond donors (Lipinski definition) is 3. The van der Waals surface area contributed by atoms with E-state index in [4.69, 9.17) is 0 Å². The molecule has 7 nitrogen and oxygen atoms in total. The van der Waals surface area contributed by atoms with Crippen molar-refractivity contribution in [1.29, 1.82) is 0 Å². The zero-order valence-electron chi connectivity index (χ0n) is 16.5. The number of piperidine rings is 1. The lowest BCUT2D eigenvalue weighted by Gasteiger charge is -2.39. The molecule has 2 saturated carbocycles. The van der Waals surface area contributed by atoms with Crippen molar-refractivity contribution in [1.82, 2.24) is 20.8 Å². The third kappa shape index (κ3) is 3.99. The fraction of sp³-hybridized carbons (Fsp3) is 0.850. The summed E-state index contributed by atoms with van der Waals surface area (Å²) in [5, 5.41) is 20.1. The van der Waals surface area contributed by atoms with Gasteiger partial charge in [-0.3, -0.25) is 5.32 Å². The van der Waals surface area contributed by atoms with Crippen LogP contribution < -0.4 is 20.9 Å². The number of amides is 2. The van der Waals surface area contributed by atoms with Crippen molar-refractivity contribution in [3.63, 3.8) is 0 Å². The van der Waals surface area contributed by atoms with Crippen molar-refractivity contribution in [2.45, 2.75) is 107 Å². The Kier molecular flexibility index (Phi) is 5.41. The molecular weight excluding hydrogens is 372 g/mol. The summed E-state index contributed by atoms with van der Waals surface area (Å²) in [6.45, 7) is 0. The Labute approximate surface area is 171 Å². The second-order valence-corrected chi connectivity index (χ2v) is 10.0. The summed E-state index contributed by atoms with van der Waals surface area (Å²) in [5.74, 6) is 0. The van der Waals surface area contributed by atoms with Crippen molar-refractivity contribution in [2.24, 2.45) is 0 Å². The molecule has 28 heavy (non-hydrogen) atoms. The maximum absolute atomic E-state index is 12.2. The Balaban J connectivity index is 1.17. The summed E-state index contributed by atoms with van der Waals surface area (Å²) in [7, 11) is 0. The Morgan fingerprint density at radius 1 is 0.857 bits per heavy atom. The number of hydrogen-bond acceptors (Lipinski definition) is 6. The molecule has 1 aromatic rings. The van der Waals surface area contributed by atoms with Crippen LogP contribution in [-0.4, -0.2) is 46.4 Å². The van der Waals surface area contributed by atoms with Crippen LogP contribution in [0.2, 0.25) is 0 Å². The SMILES string of the molecule is O=C(Nc1nnc(N2[C@@H]3CC[C@H]2CC(NC2CCCC2)C3)s1)NC1CCCC1. The molecule has 4 fully saturated rings. The third-order valence-electron chi connectivity index (χ3n) is 7.11. The number of carbonyl (C=O) groups is 1. The molecule has 4 aliphatic rings. The molecule has 0 radical (unpaired) electrons. The standard InChI is InChI=1S/C20H32N6OS/c27-18(22-14-7-3-4-8-14)23-19-24-25-20(28-19)26-16-9-10-17(26)12-15(11-16)21-13-5-1-2-6-13/h13-17,21H,1-12H2,(H2,22,23,24,27)/t15?,16-,17+. The molecule has 3 heterocycles. The predicted molar refractivity (Wildman–Crippen MR) is 112 cm³/mol. The van der Waals surface area contributed by atoms with E-state index in [1.165, 1.54) is 75.5 Å². The molecule has 5 rings (SSSR count). The zero-order chi connectivity index (χ0) is 18.9. The Bertz CT molecular complexity index is 670. The van der Waals surface area contributed by atoms with Crippen LogP contribution in [0.4, 0.5) is 15.1 Å². The molecule has 1 aromatic heterocycles. The summed E-state index contributed by atoms with van der Waals surface area (Å²) in [6.07, 6.45) is 15.0. The van der Waals surface area contributed by atoms with Gasteiger partial charge < -0.3 is 15.5 Å². The molecule has 2 aliphatic heterocycles. The van der Waals surface area contributed by atoms with Gasteiger partial charge in [0.15, 0.2) is 0 Å². The molecule has 2 bridgehead atoms. The van der Waals surface area contributed by atoms with E-state index in [1.807, 2.05) is 0 Å². The van der Waals surface area contributed by atoms with Crippen molar-refractivity contribution in [3.05, 3.63) is 0 Å². The number of urea groups is 1. The lowest BCUT2D eigenvalue weighted by atomic mass is 9.97. The van der Waals surface area contributed by atoms with E-state index in [0.29, 0.717) is 29.3 Å². The third-order valence-corrected chi connectivity index (χ3v) is 7.96. The number of nitrogens with one attached hydrogen (secondary N) is 3. The molecule has 2 saturated heterocycles. The molecule has 1 unspecified atom stereocenters. The molecule has 0 spiro atoms. The van der Waals surface area contributed by atoms with Gasteiger partial charge in [0.2, 0.25) is 10.3 Å². The molecule has 0 aromatic carbocycles. The number of carbonyl (C=O) groups excluding carboxylic acids is 1. The minimum absolute atomic E-state index is 0.142. The lowest BCUT2D eigenvalue weighted by molar-refractivity contribution is 0.248. The fourth-order valence-corrected chi connectivity index (χ4v) is 6.69. The first kappa shape index (κ1) is 18.6. The van der Waals surface area contributed by atoms with E-state index >= 15 is 0 Å². The number of anilines is 2. The summed E-state index contributed by atoms with van der Waals surface area (Å²) in [4.78, 5) is 14.7. The Hall–Kier alpha value is -1.41. The topological polar surface area (TPSA) is 82.2 Å². The van der Waals surface area contributed by atoms with Gasteiger partial charge >= 0.3 is 6.03 Å². The zero-order valence-corrected chi connectivity index (χ0v) is 17.3. The first-order valence-electron chi connectivity index (χ1n) is 11.2. The van der Waals surface area contributed by atoms with Crippen molar-refractivity contribution < 1.29 is 4.79 Å². The van der Waals surface area contributed by atoms with Crippen LogP contribution >= 0.6 is 11.3 Å². The highest BCUT2D eigenvalue weighted by atomic mass is 32.1. The van der Waals surface area contributed by atoms with Gasteiger partial charge in [-0.2, -0.15) is 0 Å². The minimum atomic E-state index is -0.142. The van der Waals surface area contributed by atoms with Crippen LogP contribution in [0.25, 0.3) is 0 Å². The average Bonchev–Trinajstić information content (AvgIpc) is 3.44. The van der Waals surface area contributed by atoms with Crippen molar-refractivity contribution >= 4 is 27.6 Å². The molecule has 2 amide bonds. The first-order chi connectivity index (χ1) is 13.7. The smallest absolute Gasteiger partial charge is 0.321 e. The maximum atomic E-state index is 12.2. The lowest BCUT2D eigenvalue weighted by Crippen LogP contribution is -2.51. The molecular formula is C20H32N6OS. The van der Waals surface area contributed by atoms with E-state index < -0.39 is 0 Å². The van der Waals surface area contributed by atoms with E-state index in [9.17, 15) is 4.79 Å². The van der Waals surface area contributed by atoms with E-state index in [0.717, 1.165) is 24.0 Å². The van der Waals surface area contributed by atoms with Gasteiger partial charge in [-0.05, 0) is 51.4 Å². The number of nitrogens with zero attached hydrogens (tertiary/aromatic N) is 3. The number of rotatable bonds is 5. The fourth-order valence-electron chi connectivity index (χ4n) is 5.81. The maximum Gasteiger partial charge on any atom is 0.321 e. The molecule has 3 N–H and O–H groups in total. The van der Waals surface area contributed by atoms with Gasteiger partial charge in [0.05, 0.1) is 0 Å². The number of fused-ring (bicyclic) bond motifs is 2. The highest BCUT2D eigenvalue weighted by Gasteiger charge is 2.42. The average molecular weight is 405 g/mol. The van der Waals surface area contributed by atoms with Gasteiger partial charge in [-0.25, -0.2) is 4.79 Å². The van der Waals surface area contributed by atoms with Crippen LogP contribution in [0, 0.1) is 0 Å². The molecule has 3 atom stereocenters. The monoisotopic (exact) mass is 404 g/mol. The van der Waals surface area contributed by atoms with Gasteiger partial charge in [-0.1, -0.05) is 37.0 Å². The summed E-state index contributed by atoms with van der Waals surface area (Å²) < 4.78 is 0. The van der Waals surface area contributed by atoms with Gasteiger partial charge in [0.1, 0.15) is 0 Å². The second-order valence-electron chi connectivity index (χ2n) is 9.08. The first-order valence-corrected chi connectivity index (χ1v) is 12.0. The predicted octanol–water partition coefficient (Wildman–Crippen LogP) is 3.63. The molecule has 154 valence electrons. The molecule has 2 aliphatic carbocycles. The quantitative estimate of drug-likeness (QED) is 0.698. The van der Waals surface area contributed by atoms with Crippen LogP contribution in [0.15, 0.2) is 0 Å². The van der Waals surface area contributed by atoms with Crippen LogP contribution in [-0.2, 0) is 0 Å². The summed E-state index contributed by atoms with van der Waals surface area (Å²) in [6, 6.07) is 2.69. The van der Waals surface area contributed by atoms with Crippen molar-refractivity contribution in [3.8, 4) is 0 Å². The van der Waals surface area contributed by atoms with Gasteiger partial charge in [0.25, 0.3) is 0 Å². The van der Waals surface area contributed by atoms with Gasteiger partial charge in [0, 0.05) is 30.2 Å². The van der Waals surface area contributed by atoms with Crippen LogP contribution in [0.1, 0.15) is 77.0 Å². The van der Waals surface area contributed by atoms with Gasteiger partial charge in [-0.15, -0.1) is 10.2 Å². The normalized spacial score (nSPS) is 30.9. The van der Waals surface area contributed by atoms with Crippen LogP contribution in [0.5, 0.6) is 0 Å². The summed E-state index contributed by atoms with van der Waals surface area (Å²) in [5.41, 5.74) is 0. The summed E-state index contributed by atoms with van der Waals surface area (Å²) >= 11 is 1.52. The molecule has 8 heteroatoms.